The molecule has 0 spiro atoms. The first-order valence-corrected chi connectivity index (χ1v) is 6.75. The Kier molecular flexibility index (Phi) is 3.47. The third-order valence-corrected chi connectivity index (χ3v) is 3.43. The highest BCUT2D eigenvalue weighted by Gasteiger charge is 2.28. The van der Waals surface area contributed by atoms with Gasteiger partial charge in [0.15, 0.2) is 5.82 Å². The van der Waals surface area contributed by atoms with Crippen LogP contribution >= 0.6 is 0 Å². The van der Waals surface area contributed by atoms with Crippen LogP contribution in [0.4, 0.5) is 0 Å². The van der Waals surface area contributed by atoms with Gasteiger partial charge in [-0.2, -0.15) is 5.10 Å². The Morgan fingerprint density at radius 3 is 3.00 bits per heavy atom. The topological polar surface area (TPSA) is 85.8 Å². The lowest BCUT2D eigenvalue weighted by Gasteiger charge is -2.11. The van der Waals surface area contributed by atoms with Crippen molar-refractivity contribution < 1.29 is 4.79 Å². The molecule has 6 nitrogen and oxygen atoms in total. The van der Waals surface area contributed by atoms with Gasteiger partial charge in [0.2, 0.25) is 0 Å². The smallest absolute Gasteiger partial charge is 0.270 e. The van der Waals surface area contributed by atoms with Crippen molar-refractivity contribution in [1.29, 1.82) is 0 Å². The zero-order valence-electron chi connectivity index (χ0n) is 11.1. The van der Waals surface area contributed by atoms with Crippen LogP contribution in [0.1, 0.15) is 23.3 Å². The van der Waals surface area contributed by atoms with Crippen LogP contribution in [0.5, 0.6) is 0 Å². The van der Waals surface area contributed by atoms with Crippen LogP contribution in [-0.2, 0) is 0 Å². The number of nitrogens with one attached hydrogen (secondary N) is 1. The summed E-state index contributed by atoms with van der Waals surface area (Å²) in [6.45, 7) is 0.497. The van der Waals surface area contributed by atoms with E-state index in [0.29, 0.717) is 24.0 Å². The summed E-state index contributed by atoms with van der Waals surface area (Å²) in [5, 5.41) is 6.93. The summed E-state index contributed by atoms with van der Waals surface area (Å²) in [5.41, 5.74) is 6.34. The Hall–Kier alpha value is -2.21. The average molecular weight is 271 g/mol. The van der Waals surface area contributed by atoms with E-state index in [1.807, 2.05) is 6.07 Å². The average Bonchev–Trinajstić information content (AvgIpc) is 3.19. The second-order valence-corrected chi connectivity index (χ2v) is 5.04. The van der Waals surface area contributed by atoms with Gasteiger partial charge in [-0.05, 0) is 37.0 Å². The fourth-order valence-electron chi connectivity index (χ4n) is 2.07. The molecule has 1 atom stereocenters. The third kappa shape index (κ3) is 2.85. The van der Waals surface area contributed by atoms with Crippen LogP contribution in [0.15, 0.2) is 36.7 Å². The highest BCUT2D eigenvalue weighted by atomic mass is 16.1. The molecule has 2 heterocycles. The molecule has 1 amide bonds. The van der Waals surface area contributed by atoms with Crippen LogP contribution in [-0.4, -0.2) is 33.3 Å². The van der Waals surface area contributed by atoms with Gasteiger partial charge in [0, 0.05) is 25.0 Å². The van der Waals surface area contributed by atoms with Gasteiger partial charge in [-0.25, -0.2) is 9.67 Å². The van der Waals surface area contributed by atoms with Gasteiger partial charge in [-0.1, -0.05) is 6.07 Å². The summed E-state index contributed by atoms with van der Waals surface area (Å²) in [6.07, 6.45) is 5.80. The number of hydrogen-bond donors (Lipinski definition) is 2. The van der Waals surface area contributed by atoms with Crippen molar-refractivity contribution in [2.45, 2.75) is 18.9 Å². The minimum atomic E-state index is -0.199. The lowest BCUT2D eigenvalue weighted by molar-refractivity contribution is 0.0945. The SMILES string of the molecule is NC(CNC(=O)c1cccc(-n2cccn2)n1)C1CC1. The molecule has 0 saturated heterocycles. The second-order valence-electron chi connectivity index (χ2n) is 5.04. The van der Waals surface area contributed by atoms with Gasteiger partial charge in [-0.3, -0.25) is 4.79 Å². The maximum Gasteiger partial charge on any atom is 0.270 e. The molecule has 1 fully saturated rings. The molecule has 2 aromatic rings. The molecule has 0 bridgehead atoms. The summed E-state index contributed by atoms with van der Waals surface area (Å²) >= 11 is 0. The first kappa shape index (κ1) is 12.8. The number of pyridine rings is 1. The van der Waals surface area contributed by atoms with Crippen molar-refractivity contribution in [1.82, 2.24) is 20.1 Å². The molecule has 6 heteroatoms. The Bertz CT molecular complexity index is 591. The quantitative estimate of drug-likeness (QED) is 0.839. The number of carbonyl (C=O) groups is 1. The molecule has 1 unspecified atom stereocenters. The number of hydrogen-bond acceptors (Lipinski definition) is 4. The molecule has 1 aliphatic carbocycles. The second kappa shape index (κ2) is 5.42. The molecule has 104 valence electrons. The van der Waals surface area contributed by atoms with E-state index in [2.05, 4.69) is 15.4 Å². The van der Waals surface area contributed by atoms with Gasteiger partial charge >= 0.3 is 0 Å². The lowest BCUT2D eigenvalue weighted by Crippen LogP contribution is -2.38. The highest BCUT2D eigenvalue weighted by molar-refractivity contribution is 5.92. The number of aromatic nitrogens is 3. The van der Waals surface area contributed by atoms with Crippen LogP contribution < -0.4 is 11.1 Å². The molecule has 2 aromatic heterocycles. The largest absolute Gasteiger partial charge is 0.349 e. The predicted octanol–water partition coefficient (Wildman–Crippen LogP) is 0.734. The van der Waals surface area contributed by atoms with Crippen LogP contribution in [0.3, 0.4) is 0 Å². The van der Waals surface area contributed by atoms with E-state index in [1.165, 1.54) is 12.8 Å². The zero-order valence-corrected chi connectivity index (χ0v) is 11.1. The van der Waals surface area contributed by atoms with E-state index in [-0.39, 0.29) is 11.9 Å². The Morgan fingerprint density at radius 1 is 1.45 bits per heavy atom. The van der Waals surface area contributed by atoms with Gasteiger partial charge in [0.25, 0.3) is 5.91 Å². The van der Waals surface area contributed by atoms with E-state index < -0.39 is 0 Å². The van der Waals surface area contributed by atoms with Gasteiger partial charge in [0.05, 0.1) is 0 Å². The van der Waals surface area contributed by atoms with Gasteiger partial charge in [-0.15, -0.1) is 0 Å². The Balaban J connectivity index is 1.66. The fraction of sp³-hybridized carbons (Fsp3) is 0.357. The highest BCUT2D eigenvalue weighted by Crippen LogP contribution is 2.31. The predicted molar refractivity (Wildman–Crippen MR) is 74.4 cm³/mol. The van der Waals surface area contributed by atoms with Crippen molar-refractivity contribution in [2.24, 2.45) is 11.7 Å². The molecular weight excluding hydrogens is 254 g/mol. The molecular formula is C14H17N5O. The standard InChI is InChI=1S/C14H17N5O/c15-11(10-5-6-10)9-16-14(20)12-3-1-4-13(18-12)19-8-2-7-17-19/h1-4,7-8,10-11H,5-6,9,15H2,(H,16,20). The summed E-state index contributed by atoms with van der Waals surface area (Å²) in [7, 11) is 0. The van der Waals surface area contributed by atoms with Crippen LogP contribution in [0, 0.1) is 5.92 Å². The number of amides is 1. The van der Waals surface area contributed by atoms with E-state index in [1.54, 1.807) is 35.3 Å². The van der Waals surface area contributed by atoms with Crippen LogP contribution in [0.2, 0.25) is 0 Å². The van der Waals surface area contributed by atoms with Crippen molar-refractivity contribution in [2.75, 3.05) is 6.54 Å². The van der Waals surface area contributed by atoms with E-state index in [9.17, 15) is 4.79 Å². The first-order valence-electron chi connectivity index (χ1n) is 6.75. The normalized spacial score (nSPS) is 15.8. The van der Waals surface area contributed by atoms with Gasteiger partial charge in [0.1, 0.15) is 5.69 Å². The van der Waals surface area contributed by atoms with Crippen molar-refractivity contribution in [3.05, 3.63) is 42.4 Å². The number of nitrogens with zero attached hydrogens (tertiary/aromatic N) is 3. The summed E-state index contributed by atoms with van der Waals surface area (Å²) in [5.74, 6) is 0.989. The zero-order chi connectivity index (χ0) is 13.9. The molecule has 1 saturated carbocycles. The van der Waals surface area contributed by atoms with Crippen LogP contribution in [0.25, 0.3) is 5.82 Å². The Labute approximate surface area is 117 Å². The molecule has 3 N–H and O–H groups in total. The number of carbonyl (C=O) groups excluding carboxylic acids is 1. The molecule has 20 heavy (non-hydrogen) atoms. The fourth-order valence-corrected chi connectivity index (χ4v) is 2.07. The maximum absolute atomic E-state index is 12.1. The molecule has 1 aliphatic rings. The summed E-state index contributed by atoms with van der Waals surface area (Å²) < 4.78 is 1.62. The summed E-state index contributed by atoms with van der Waals surface area (Å²) in [4.78, 5) is 16.4. The molecule has 0 aromatic carbocycles. The maximum atomic E-state index is 12.1. The number of rotatable bonds is 5. The number of nitrogens with two attached hydrogens (primary N) is 1. The Morgan fingerprint density at radius 2 is 2.30 bits per heavy atom. The minimum Gasteiger partial charge on any atom is -0.349 e. The lowest BCUT2D eigenvalue weighted by atomic mass is 10.2. The molecule has 0 radical (unpaired) electrons. The van der Waals surface area contributed by atoms with Gasteiger partial charge < -0.3 is 11.1 Å². The van der Waals surface area contributed by atoms with Crippen molar-refractivity contribution in [3.63, 3.8) is 0 Å². The monoisotopic (exact) mass is 271 g/mol. The summed E-state index contributed by atoms with van der Waals surface area (Å²) in [6, 6.07) is 7.14. The molecule has 0 aliphatic heterocycles. The third-order valence-electron chi connectivity index (χ3n) is 3.43. The van der Waals surface area contributed by atoms with Crippen molar-refractivity contribution in [3.8, 4) is 5.82 Å². The first-order chi connectivity index (χ1) is 9.74. The van der Waals surface area contributed by atoms with E-state index >= 15 is 0 Å². The van der Waals surface area contributed by atoms with E-state index in [0.717, 1.165) is 0 Å². The van der Waals surface area contributed by atoms with Crippen molar-refractivity contribution >= 4 is 5.91 Å². The molecule has 3 rings (SSSR count). The van der Waals surface area contributed by atoms with E-state index in [4.69, 9.17) is 5.73 Å². The minimum absolute atomic E-state index is 0.0493.